The molecule has 2 rings (SSSR count). The lowest BCUT2D eigenvalue weighted by Gasteiger charge is -2.03. The van der Waals surface area contributed by atoms with Crippen LogP contribution in [0.1, 0.15) is 10.4 Å². The van der Waals surface area contributed by atoms with Gasteiger partial charge in [-0.25, -0.2) is 5.48 Å². The minimum atomic E-state index is -0.264. The van der Waals surface area contributed by atoms with Gasteiger partial charge < -0.3 is 0 Å². The number of carbonyl (C=O) groups excluding carboxylic acids is 1. The number of hydrogen-bond acceptors (Lipinski definition) is 3. The fraction of sp³-hybridized carbons (Fsp3) is 0.0769. The zero-order valence-electron chi connectivity index (χ0n) is 9.38. The highest BCUT2D eigenvalue weighted by molar-refractivity contribution is 5.93. The topological polar surface area (TPSA) is 51.2 Å². The number of carbonyl (C=O) groups is 1. The number of nitrogens with one attached hydrogen (secondary N) is 1. The van der Waals surface area contributed by atoms with Crippen LogP contribution in [0.3, 0.4) is 0 Å². The van der Waals surface area contributed by atoms with E-state index >= 15 is 0 Å². The standard InChI is InChI=1S/C13H12N2O2/c1-17-15-13(16)11-7-5-10(6-8-11)12-4-2-3-9-14-12/h2-9H,1H3,(H,15,16). The first-order chi connectivity index (χ1) is 8.31. The van der Waals surface area contributed by atoms with Gasteiger partial charge in [0.25, 0.3) is 5.91 Å². The van der Waals surface area contributed by atoms with Crippen LogP contribution in [-0.4, -0.2) is 18.0 Å². The molecule has 1 N–H and O–H groups in total. The Morgan fingerprint density at radius 3 is 2.53 bits per heavy atom. The van der Waals surface area contributed by atoms with Crippen molar-refractivity contribution in [2.24, 2.45) is 0 Å². The molecule has 86 valence electrons. The highest BCUT2D eigenvalue weighted by Crippen LogP contribution is 2.16. The second-order valence-electron chi connectivity index (χ2n) is 3.43. The van der Waals surface area contributed by atoms with Gasteiger partial charge in [-0.05, 0) is 24.3 Å². The zero-order valence-corrected chi connectivity index (χ0v) is 9.38. The van der Waals surface area contributed by atoms with E-state index in [0.717, 1.165) is 11.3 Å². The van der Waals surface area contributed by atoms with Crippen molar-refractivity contribution in [3.63, 3.8) is 0 Å². The molecule has 1 aromatic carbocycles. The fourth-order valence-electron chi connectivity index (χ4n) is 1.48. The quantitative estimate of drug-likeness (QED) is 0.818. The van der Waals surface area contributed by atoms with Crippen molar-refractivity contribution in [2.45, 2.75) is 0 Å². The molecule has 0 atom stereocenters. The summed E-state index contributed by atoms with van der Waals surface area (Å²) in [4.78, 5) is 20.2. The molecular weight excluding hydrogens is 216 g/mol. The highest BCUT2D eigenvalue weighted by Gasteiger charge is 2.05. The van der Waals surface area contributed by atoms with Crippen molar-refractivity contribution in [3.05, 3.63) is 54.2 Å². The molecule has 0 aliphatic rings. The molecule has 0 saturated heterocycles. The minimum Gasteiger partial charge on any atom is -0.277 e. The maximum atomic E-state index is 11.4. The van der Waals surface area contributed by atoms with E-state index in [4.69, 9.17) is 0 Å². The van der Waals surface area contributed by atoms with Gasteiger partial charge in [-0.2, -0.15) is 0 Å². The van der Waals surface area contributed by atoms with Gasteiger partial charge in [-0.3, -0.25) is 14.6 Å². The molecular formula is C13H12N2O2. The molecule has 0 spiro atoms. The smallest absolute Gasteiger partial charge is 0.274 e. The summed E-state index contributed by atoms with van der Waals surface area (Å²) in [5.41, 5.74) is 4.67. The molecule has 1 amide bonds. The molecule has 0 bridgehead atoms. The summed E-state index contributed by atoms with van der Waals surface area (Å²) in [7, 11) is 1.40. The minimum absolute atomic E-state index is 0.264. The third-order valence-electron chi connectivity index (χ3n) is 2.30. The van der Waals surface area contributed by atoms with Crippen LogP contribution >= 0.6 is 0 Å². The van der Waals surface area contributed by atoms with Crippen LogP contribution in [0.2, 0.25) is 0 Å². The van der Waals surface area contributed by atoms with Gasteiger partial charge in [-0.15, -0.1) is 0 Å². The van der Waals surface area contributed by atoms with Crippen LogP contribution in [0.15, 0.2) is 48.7 Å². The van der Waals surface area contributed by atoms with Crippen LogP contribution in [0.5, 0.6) is 0 Å². The molecule has 0 aliphatic heterocycles. The number of nitrogens with zero attached hydrogens (tertiary/aromatic N) is 1. The molecule has 0 saturated carbocycles. The van der Waals surface area contributed by atoms with E-state index in [9.17, 15) is 4.79 Å². The molecule has 4 heteroatoms. The van der Waals surface area contributed by atoms with Crippen molar-refractivity contribution in [2.75, 3.05) is 7.11 Å². The van der Waals surface area contributed by atoms with E-state index in [-0.39, 0.29) is 5.91 Å². The summed E-state index contributed by atoms with van der Waals surface area (Å²) in [6.45, 7) is 0. The second kappa shape index (κ2) is 5.23. The summed E-state index contributed by atoms with van der Waals surface area (Å²) >= 11 is 0. The lowest BCUT2D eigenvalue weighted by molar-refractivity contribution is 0.0537. The largest absolute Gasteiger partial charge is 0.277 e. The van der Waals surface area contributed by atoms with Crippen LogP contribution in [0.25, 0.3) is 11.3 Å². The van der Waals surface area contributed by atoms with Crippen molar-refractivity contribution in [3.8, 4) is 11.3 Å². The Morgan fingerprint density at radius 2 is 1.94 bits per heavy atom. The van der Waals surface area contributed by atoms with Crippen molar-refractivity contribution in [1.29, 1.82) is 0 Å². The zero-order chi connectivity index (χ0) is 12.1. The van der Waals surface area contributed by atoms with Crippen LogP contribution < -0.4 is 5.48 Å². The molecule has 17 heavy (non-hydrogen) atoms. The van der Waals surface area contributed by atoms with Crippen molar-refractivity contribution >= 4 is 5.91 Å². The number of rotatable bonds is 3. The van der Waals surface area contributed by atoms with E-state index in [1.807, 2.05) is 30.3 Å². The Kier molecular flexibility index (Phi) is 3.47. The van der Waals surface area contributed by atoms with Crippen LogP contribution in [0, 0.1) is 0 Å². The fourth-order valence-corrected chi connectivity index (χ4v) is 1.48. The number of amides is 1. The summed E-state index contributed by atoms with van der Waals surface area (Å²) in [6, 6.07) is 12.9. The maximum absolute atomic E-state index is 11.4. The van der Waals surface area contributed by atoms with Gasteiger partial charge in [-0.1, -0.05) is 18.2 Å². The molecule has 0 unspecified atom stereocenters. The average Bonchev–Trinajstić information content (AvgIpc) is 2.40. The third kappa shape index (κ3) is 2.68. The van der Waals surface area contributed by atoms with E-state index in [0.29, 0.717) is 5.56 Å². The number of hydroxylamine groups is 1. The van der Waals surface area contributed by atoms with Crippen molar-refractivity contribution in [1.82, 2.24) is 10.5 Å². The Hall–Kier alpha value is -2.20. The first-order valence-electron chi connectivity index (χ1n) is 5.16. The molecule has 0 aliphatic carbocycles. The normalized spacial score (nSPS) is 9.94. The Labute approximate surface area is 99.2 Å². The summed E-state index contributed by atoms with van der Waals surface area (Å²) in [6.07, 6.45) is 1.74. The van der Waals surface area contributed by atoms with Gasteiger partial charge in [0.2, 0.25) is 0 Å². The Bertz CT molecular complexity index is 495. The monoisotopic (exact) mass is 228 g/mol. The van der Waals surface area contributed by atoms with E-state index < -0.39 is 0 Å². The number of pyridine rings is 1. The number of aromatic nitrogens is 1. The second-order valence-corrected chi connectivity index (χ2v) is 3.43. The van der Waals surface area contributed by atoms with E-state index in [2.05, 4.69) is 15.3 Å². The van der Waals surface area contributed by atoms with Gasteiger partial charge >= 0.3 is 0 Å². The van der Waals surface area contributed by atoms with Gasteiger partial charge in [0.05, 0.1) is 12.8 Å². The molecule has 1 heterocycles. The molecule has 4 nitrogen and oxygen atoms in total. The Morgan fingerprint density at radius 1 is 1.18 bits per heavy atom. The molecule has 0 fully saturated rings. The first-order valence-corrected chi connectivity index (χ1v) is 5.16. The molecule has 1 aromatic heterocycles. The number of hydrogen-bond donors (Lipinski definition) is 1. The van der Waals surface area contributed by atoms with Gasteiger partial charge in [0.1, 0.15) is 0 Å². The SMILES string of the molecule is CONC(=O)c1ccc(-c2ccccn2)cc1. The van der Waals surface area contributed by atoms with Gasteiger partial charge in [0, 0.05) is 17.3 Å². The average molecular weight is 228 g/mol. The van der Waals surface area contributed by atoms with Crippen LogP contribution in [0.4, 0.5) is 0 Å². The lowest BCUT2D eigenvalue weighted by atomic mass is 10.1. The predicted octanol–water partition coefficient (Wildman–Crippen LogP) is 2.04. The molecule has 0 radical (unpaired) electrons. The predicted molar refractivity (Wildman–Crippen MR) is 64.1 cm³/mol. The maximum Gasteiger partial charge on any atom is 0.274 e. The summed E-state index contributed by atoms with van der Waals surface area (Å²) in [5, 5.41) is 0. The Balaban J connectivity index is 2.22. The van der Waals surface area contributed by atoms with Crippen LogP contribution in [-0.2, 0) is 4.84 Å². The van der Waals surface area contributed by atoms with E-state index in [1.165, 1.54) is 7.11 Å². The van der Waals surface area contributed by atoms with Crippen molar-refractivity contribution < 1.29 is 9.63 Å². The molecule has 2 aromatic rings. The summed E-state index contributed by atoms with van der Waals surface area (Å²) in [5.74, 6) is -0.264. The third-order valence-corrected chi connectivity index (χ3v) is 2.30. The number of benzene rings is 1. The highest BCUT2D eigenvalue weighted by atomic mass is 16.6. The van der Waals surface area contributed by atoms with E-state index in [1.54, 1.807) is 18.3 Å². The van der Waals surface area contributed by atoms with Gasteiger partial charge in [0.15, 0.2) is 0 Å². The first kappa shape index (κ1) is 11.3. The summed E-state index contributed by atoms with van der Waals surface area (Å²) < 4.78 is 0. The lowest BCUT2D eigenvalue weighted by Crippen LogP contribution is -2.21.